The molecule has 0 unspecified atom stereocenters. The van der Waals surface area contributed by atoms with Crippen LogP contribution in [-0.4, -0.2) is 5.11 Å². The summed E-state index contributed by atoms with van der Waals surface area (Å²) in [7, 11) is 0. The summed E-state index contributed by atoms with van der Waals surface area (Å²) in [6.45, 7) is 7.62. The maximum atomic E-state index is 8.97. The van der Waals surface area contributed by atoms with E-state index in [1.165, 1.54) is 11.6 Å². The molecule has 0 aromatic carbocycles. The van der Waals surface area contributed by atoms with Crippen LogP contribution >= 0.6 is 0 Å². The summed E-state index contributed by atoms with van der Waals surface area (Å²) in [5.74, 6) is 0.223. The summed E-state index contributed by atoms with van der Waals surface area (Å²) >= 11 is 0. The summed E-state index contributed by atoms with van der Waals surface area (Å²) in [4.78, 5) is 0. The van der Waals surface area contributed by atoms with Crippen molar-refractivity contribution in [2.24, 2.45) is 0 Å². The number of hydrogen-bond acceptors (Lipinski definition) is 1. The first-order valence-corrected chi connectivity index (χ1v) is 3.89. The third kappa shape index (κ3) is 5.46. The molecule has 0 saturated heterocycles. The molecule has 1 nitrogen and oxygen atoms in total. The summed E-state index contributed by atoms with van der Waals surface area (Å²) in [6.07, 6.45) is 7.24. The molecule has 0 atom stereocenters. The van der Waals surface area contributed by atoms with E-state index in [1.54, 1.807) is 6.08 Å². The summed E-state index contributed by atoms with van der Waals surface area (Å²) in [5.41, 5.74) is 1.28. The second-order valence-electron chi connectivity index (χ2n) is 2.56. The minimum absolute atomic E-state index is 0.223. The van der Waals surface area contributed by atoms with Crippen molar-refractivity contribution < 1.29 is 5.11 Å². The number of aliphatic hydroxyl groups is 1. The van der Waals surface area contributed by atoms with Gasteiger partial charge in [0.2, 0.25) is 0 Å². The van der Waals surface area contributed by atoms with Gasteiger partial charge in [-0.15, -0.1) is 0 Å². The van der Waals surface area contributed by atoms with Gasteiger partial charge in [0.15, 0.2) is 0 Å². The van der Waals surface area contributed by atoms with Crippen LogP contribution in [0.1, 0.15) is 26.7 Å². The highest BCUT2D eigenvalue weighted by molar-refractivity contribution is 5.18. The van der Waals surface area contributed by atoms with Gasteiger partial charge in [-0.05, 0) is 25.5 Å². The third-order valence-electron chi connectivity index (χ3n) is 1.39. The van der Waals surface area contributed by atoms with E-state index < -0.39 is 0 Å². The smallest absolute Gasteiger partial charge is 0.114 e. The van der Waals surface area contributed by atoms with E-state index in [0.717, 1.165) is 12.8 Å². The van der Waals surface area contributed by atoms with Crippen LogP contribution in [0.3, 0.4) is 0 Å². The molecule has 0 aliphatic carbocycles. The lowest BCUT2D eigenvalue weighted by Crippen LogP contribution is -1.75. The monoisotopic (exact) mass is 152 g/mol. The Morgan fingerprint density at radius 1 is 1.45 bits per heavy atom. The third-order valence-corrected chi connectivity index (χ3v) is 1.39. The summed E-state index contributed by atoms with van der Waals surface area (Å²) in [6, 6.07) is 0. The fraction of sp³-hybridized carbons (Fsp3) is 0.400. The quantitative estimate of drug-likeness (QED) is 0.483. The molecule has 0 aromatic heterocycles. The number of hydrogen-bond donors (Lipinski definition) is 1. The molecule has 0 fully saturated rings. The largest absolute Gasteiger partial charge is 0.508 e. The molecular weight excluding hydrogens is 136 g/mol. The summed E-state index contributed by atoms with van der Waals surface area (Å²) < 4.78 is 0. The minimum Gasteiger partial charge on any atom is -0.508 e. The average molecular weight is 152 g/mol. The first-order valence-electron chi connectivity index (χ1n) is 3.89. The maximum absolute atomic E-state index is 8.97. The Labute approximate surface area is 68.7 Å². The van der Waals surface area contributed by atoms with Gasteiger partial charge in [-0.2, -0.15) is 0 Å². The van der Waals surface area contributed by atoms with Gasteiger partial charge >= 0.3 is 0 Å². The highest BCUT2D eigenvalue weighted by Gasteiger charge is 1.84. The minimum atomic E-state index is 0.223. The Balaban J connectivity index is 3.99. The summed E-state index contributed by atoms with van der Waals surface area (Å²) in [5, 5.41) is 8.97. The second kappa shape index (κ2) is 5.78. The van der Waals surface area contributed by atoms with Crippen LogP contribution < -0.4 is 0 Å². The van der Waals surface area contributed by atoms with Crippen molar-refractivity contribution in [3.63, 3.8) is 0 Å². The molecule has 0 aliphatic rings. The van der Waals surface area contributed by atoms with Gasteiger partial charge in [0.05, 0.1) is 0 Å². The Morgan fingerprint density at radius 3 is 2.55 bits per heavy atom. The lowest BCUT2D eigenvalue weighted by molar-refractivity contribution is 0.433. The molecule has 62 valence electrons. The van der Waals surface area contributed by atoms with E-state index in [2.05, 4.69) is 20.4 Å². The zero-order valence-corrected chi connectivity index (χ0v) is 7.30. The molecule has 0 aliphatic heterocycles. The fourth-order valence-electron chi connectivity index (χ4n) is 0.773. The van der Waals surface area contributed by atoms with Crippen LogP contribution in [0.15, 0.2) is 36.1 Å². The molecule has 0 heterocycles. The predicted octanol–water partition coefficient (Wildman–Crippen LogP) is 3.36. The Morgan fingerprint density at radius 2 is 2.09 bits per heavy atom. The molecule has 0 rings (SSSR count). The van der Waals surface area contributed by atoms with Crippen LogP contribution in [0.5, 0.6) is 0 Å². The first-order chi connectivity index (χ1) is 5.20. The predicted molar refractivity (Wildman–Crippen MR) is 49.6 cm³/mol. The molecule has 1 heteroatoms. The van der Waals surface area contributed by atoms with Crippen LogP contribution in [0.2, 0.25) is 0 Å². The molecule has 0 saturated carbocycles. The zero-order chi connectivity index (χ0) is 8.69. The van der Waals surface area contributed by atoms with Gasteiger partial charge in [0.25, 0.3) is 0 Å². The SMILES string of the molecule is C=C/C(O)=C\C=C(/C)CCC. The van der Waals surface area contributed by atoms with Crippen molar-refractivity contribution in [2.45, 2.75) is 26.7 Å². The Bertz CT molecular complexity index is 175. The second-order valence-corrected chi connectivity index (χ2v) is 2.56. The van der Waals surface area contributed by atoms with E-state index in [0.29, 0.717) is 0 Å². The molecule has 0 amide bonds. The van der Waals surface area contributed by atoms with E-state index in [1.807, 2.05) is 6.08 Å². The van der Waals surface area contributed by atoms with Gasteiger partial charge in [-0.25, -0.2) is 0 Å². The van der Waals surface area contributed by atoms with Crippen LogP contribution in [0.25, 0.3) is 0 Å². The highest BCUT2D eigenvalue weighted by Crippen LogP contribution is 2.03. The van der Waals surface area contributed by atoms with Crippen molar-refractivity contribution in [2.75, 3.05) is 0 Å². The molecule has 0 radical (unpaired) electrons. The van der Waals surface area contributed by atoms with Gasteiger partial charge in [0, 0.05) is 0 Å². The van der Waals surface area contributed by atoms with E-state index in [-0.39, 0.29) is 5.76 Å². The maximum Gasteiger partial charge on any atom is 0.114 e. The van der Waals surface area contributed by atoms with E-state index in [4.69, 9.17) is 5.11 Å². The Kier molecular flexibility index (Phi) is 5.26. The first kappa shape index (κ1) is 10.0. The number of aliphatic hydroxyl groups excluding tert-OH is 1. The van der Waals surface area contributed by atoms with Crippen molar-refractivity contribution in [3.05, 3.63) is 36.1 Å². The lowest BCUT2D eigenvalue weighted by atomic mass is 10.1. The topological polar surface area (TPSA) is 20.2 Å². The van der Waals surface area contributed by atoms with Crippen molar-refractivity contribution in [1.29, 1.82) is 0 Å². The van der Waals surface area contributed by atoms with Gasteiger partial charge < -0.3 is 5.11 Å². The highest BCUT2D eigenvalue weighted by atomic mass is 16.3. The fourth-order valence-corrected chi connectivity index (χ4v) is 0.773. The molecule has 0 spiro atoms. The van der Waals surface area contributed by atoms with Crippen LogP contribution in [0.4, 0.5) is 0 Å². The number of rotatable bonds is 4. The van der Waals surface area contributed by atoms with Gasteiger partial charge in [0.1, 0.15) is 5.76 Å². The normalized spacial score (nSPS) is 13.3. The van der Waals surface area contributed by atoms with Crippen molar-refractivity contribution >= 4 is 0 Å². The van der Waals surface area contributed by atoms with Crippen LogP contribution in [-0.2, 0) is 0 Å². The number of allylic oxidation sites excluding steroid dienone is 4. The van der Waals surface area contributed by atoms with Crippen molar-refractivity contribution in [3.8, 4) is 0 Å². The van der Waals surface area contributed by atoms with E-state index in [9.17, 15) is 0 Å². The van der Waals surface area contributed by atoms with Gasteiger partial charge in [-0.3, -0.25) is 0 Å². The Hall–Kier alpha value is -0.980. The average Bonchev–Trinajstić information content (AvgIpc) is 2.01. The lowest BCUT2D eigenvalue weighted by Gasteiger charge is -1.93. The van der Waals surface area contributed by atoms with E-state index >= 15 is 0 Å². The van der Waals surface area contributed by atoms with Gasteiger partial charge in [-0.1, -0.05) is 31.6 Å². The molecule has 0 bridgehead atoms. The molecule has 0 aromatic rings. The van der Waals surface area contributed by atoms with Crippen LogP contribution in [0, 0.1) is 0 Å². The molecular formula is C10H16O. The molecule has 11 heavy (non-hydrogen) atoms. The standard InChI is InChI=1S/C10H16O/c1-4-6-9(3)7-8-10(11)5-2/h5,7-8,11H,2,4,6H2,1,3H3/b9-7+,10-8+. The molecule has 1 N–H and O–H groups in total. The van der Waals surface area contributed by atoms with Crippen molar-refractivity contribution in [1.82, 2.24) is 0 Å². The zero-order valence-electron chi connectivity index (χ0n) is 7.30.